The van der Waals surface area contributed by atoms with E-state index in [9.17, 15) is 13.2 Å². The van der Waals surface area contributed by atoms with Crippen molar-refractivity contribution in [3.63, 3.8) is 0 Å². The van der Waals surface area contributed by atoms with Crippen LogP contribution in [0, 0.1) is 19.3 Å². The van der Waals surface area contributed by atoms with Crippen LogP contribution in [0.25, 0.3) is 0 Å². The number of hydrogen-bond donors (Lipinski definition) is 1. The minimum atomic E-state index is -3.85. The Morgan fingerprint density at radius 3 is 2.65 bits per heavy atom. The van der Waals surface area contributed by atoms with Crippen LogP contribution in [0.3, 0.4) is 0 Å². The number of halogens is 1. The Balaban J connectivity index is 3.15. The Hall–Kier alpha value is -1.51. The number of amides is 1. The van der Waals surface area contributed by atoms with Crippen molar-refractivity contribution in [1.82, 2.24) is 5.32 Å². The number of carbonyl (C=O) groups excluding carboxylic acids is 1. The van der Waals surface area contributed by atoms with Crippen LogP contribution < -0.4 is 5.32 Å². The third-order valence-corrected chi connectivity index (χ3v) is 3.28. The second-order valence-electron chi connectivity index (χ2n) is 3.36. The van der Waals surface area contributed by atoms with Gasteiger partial charge in [-0.15, -0.1) is 6.42 Å². The molecule has 0 aromatic heterocycles. The van der Waals surface area contributed by atoms with Crippen molar-refractivity contribution in [2.45, 2.75) is 11.8 Å². The molecule has 0 aliphatic heterocycles. The van der Waals surface area contributed by atoms with Crippen molar-refractivity contribution in [3.05, 3.63) is 29.3 Å². The Kier molecular flexibility index (Phi) is 4.16. The van der Waals surface area contributed by atoms with Crippen molar-refractivity contribution < 1.29 is 13.2 Å². The molecule has 0 fully saturated rings. The van der Waals surface area contributed by atoms with Gasteiger partial charge >= 0.3 is 0 Å². The van der Waals surface area contributed by atoms with Crippen molar-refractivity contribution in [2.75, 3.05) is 6.54 Å². The van der Waals surface area contributed by atoms with Gasteiger partial charge in [-0.3, -0.25) is 4.79 Å². The van der Waals surface area contributed by atoms with Gasteiger partial charge in [-0.25, -0.2) is 8.42 Å². The summed E-state index contributed by atoms with van der Waals surface area (Å²) in [7, 11) is 1.37. The van der Waals surface area contributed by atoms with E-state index in [1.807, 2.05) is 0 Å². The molecule has 0 unspecified atom stereocenters. The molecule has 0 radical (unpaired) electrons. The molecule has 0 atom stereocenters. The molecule has 0 saturated heterocycles. The maximum Gasteiger partial charge on any atom is 0.261 e. The maximum absolute atomic E-state index is 11.6. The molecule has 17 heavy (non-hydrogen) atoms. The van der Waals surface area contributed by atoms with Crippen LogP contribution >= 0.6 is 10.7 Å². The molecule has 0 aliphatic carbocycles. The van der Waals surface area contributed by atoms with Crippen molar-refractivity contribution >= 4 is 25.6 Å². The van der Waals surface area contributed by atoms with Gasteiger partial charge in [0.25, 0.3) is 15.0 Å². The minimum absolute atomic E-state index is 0.0791. The average molecular weight is 272 g/mol. The van der Waals surface area contributed by atoms with E-state index in [0.717, 1.165) is 0 Å². The third-order valence-electron chi connectivity index (χ3n) is 1.95. The molecule has 1 N–H and O–H groups in total. The number of nitrogens with one attached hydrogen (secondary N) is 1. The highest BCUT2D eigenvalue weighted by molar-refractivity contribution is 8.13. The van der Waals surface area contributed by atoms with E-state index in [-0.39, 0.29) is 17.0 Å². The number of carbonyl (C=O) groups is 1. The zero-order valence-electron chi connectivity index (χ0n) is 9.03. The van der Waals surface area contributed by atoms with Crippen LogP contribution in [0.2, 0.25) is 0 Å². The van der Waals surface area contributed by atoms with E-state index in [1.165, 1.54) is 12.1 Å². The second kappa shape index (κ2) is 5.21. The van der Waals surface area contributed by atoms with E-state index >= 15 is 0 Å². The number of rotatable bonds is 3. The second-order valence-corrected chi connectivity index (χ2v) is 5.93. The number of aryl methyl sites for hydroxylation is 1. The molecule has 0 bridgehead atoms. The molecule has 0 saturated carbocycles. The van der Waals surface area contributed by atoms with Gasteiger partial charge < -0.3 is 5.32 Å². The van der Waals surface area contributed by atoms with Gasteiger partial charge in [0.2, 0.25) is 0 Å². The minimum Gasteiger partial charge on any atom is -0.341 e. The Morgan fingerprint density at radius 2 is 2.12 bits per heavy atom. The molecule has 0 heterocycles. The third kappa shape index (κ3) is 3.77. The van der Waals surface area contributed by atoms with Crippen LogP contribution in [-0.2, 0) is 9.05 Å². The van der Waals surface area contributed by atoms with Gasteiger partial charge in [0.1, 0.15) is 0 Å². The summed E-state index contributed by atoms with van der Waals surface area (Å²) in [6.07, 6.45) is 5.00. The van der Waals surface area contributed by atoms with Crippen molar-refractivity contribution in [1.29, 1.82) is 0 Å². The van der Waals surface area contributed by atoms with Gasteiger partial charge in [-0.1, -0.05) is 5.92 Å². The van der Waals surface area contributed by atoms with Crippen molar-refractivity contribution in [3.8, 4) is 12.3 Å². The van der Waals surface area contributed by atoms with Gasteiger partial charge in [0.05, 0.1) is 11.4 Å². The fourth-order valence-corrected chi connectivity index (χ4v) is 2.11. The largest absolute Gasteiger partial charge is 0.341 e. The molecule has 1 aromatic rings. The number of terminal acetylenes is 1. The van der Waals surface area contributed by atoms with Crippen LogP contribution in [0.1, 0.15) is 15.9 Å². The lowest BCUT2D eigenvalue weighted by Crippen LogP contribution is -2.23. The average Bonchev–Trinajstić information content (AvgIpc) is 2.23. The molecule has 0 aliphatic rings. The highest BCUT2D eigenvalue weighted by Gasteiger charge is 2.14. The SMILES string of the molecule is C#CCNC(=O)c1cc(C)cc(S(=O)(=O)Cl)c1. The molecule has 1 rings (SSSR count). The summed E-state index contributed by atoms with van der Waals surface area (Å²) in [5.41, 5.74) is 0.831. The summed E-state index contributed by atoms with van der Waals surface area (Å²) in [4.78, 5) is 11.5. The lowest BCUT2D eigenvalue weighted by Gasteiger charge is -2.05. The summed E-state index contributed by atoms with van der Waals surface area (Å²) in [6, 6.07) is 4.15. The van der Waals surface area contributed by atoms with Gasteiger partial charge in [-0.2, -0.15) is 0 Å². The smallest absolute Gasteiger partial charge is 0.261 e. The van der Waals surface area contributed by atoms with Crippen LogP contribution in [0.15, 0.2) is 23.1 Å². The summed E-state index contributed by atoms with van der Waals surface area (Å²) in [6.45, 7) is 1.75. The standard InChI is InChI=1S/C11H10ClNO3S/c1-3-4-13-11(14)9-5-8(2)6-10(7-9)17(12,15)16/h1,5-7H,4H2,2H3,(H,13,14). The first-order chi connectivity index (χ1) is 7.84. The summed E-state index contributed by atoms with van der Waals surface area (Å²) in [5, 5.41) is 2.44. The molecule has 4 nitrogen and oxygen atoms in total. The molecule has 1 aromatic carbocycles. The van der Waals surface area contributed by atoms with Crippen LogP contribution in [0.4, 0.5) is 0 Å². The Bertz CT molecular complexity index is 587. The normalized spacial score (nSPS) is 10.6. The van der Waals surface area contributed by atoms with Crippen LogP contribution in [-0.4, -0.2) is 20.9 Å². The van der Waals surface area contributed by atoms with E-state index < -0.39 is 15.0 Å². The first kappa shape index (κ1) is 13.6. The quantitative estimate of drug-likeness (QED) is 0.665. The molecule has 6 heteroatoms. The predicted molar refractivity (Wildman–Crippen MR) is 65.4 cm³/mol. The fourth-order valence-electron chi connectivity index (χ4n) is 1.25. The lowest BCUT2D eigenvalue weighted by atomic mass is 10.1. The molecule has 0 spiro atoms. The molecule has 1 amide bonds. The zero-order chi connectivity index (χ0) is 13.1. The highest BCUT2D eigenvalue weighted by Crippen LogP contribution is 2.18. The highest BCUT2D eigenvalue weighted by atomic mass is 35.7. The van der Waals surface area contributed by atoms with Gasteiger partial charge in [-0.05, 0) is 30.7 Å². The van der Waals surface area contributed by atoms with Crippen LogP contribution in [0.5, 0.6) is 0 Å². The monoisotopic (exact) mass is 271 g/mol. The predicted octanol–water partition coefficient (Wildman–Crippen LogP) is 1.29. The lowest BCUT2D eigenvalue weighted by molar-refractivity contribution is 0.0958. The Morgan fingerprint density at radius 1 is 1.47 bits per heavy atom. The topological polar surface area (TPSA) is 63.2 Å². The van der Waals surface area contributed by atoms with Crippen molar-refractivity contribution in [2.24, 2.45) is 0 Å². The summed E-state index contributed by atoms with van der Waals surface area (Å²) in [5.74, 6) is 1.81. The first-order valence-corrected chi connectivity index (χ1v) is 6.93. The first-order valence-electron chi connectivity index (χ1n) is 4.62. The number of benzene rings is 1. The van der Waals surface area contributed by atoms with E-state index in [0.29, 0.717) is 5.56 Å². The molecule has 90 valence electrons. The summed E-state index contributed by atoms with van der Waals surface area (Å²) < 4.78 is 22.4. The van der Waals surface area contributed by atoms with Gasteiger partial charge in [0.15, 0.2) is 0 Å². The summed E-state index contributed by atoms with van der Waals surface area (Å²) >= 11 is 0. The van der Waals surface area contributed by atoms with E-state index in [4.69, 9.17) is 17.1 Å². The fraction of sp³-hybridized carbons (Fsp3) is 0.182. The van der Waals surface area contributed by atoms with E-state index in [2.05, 4.69) is 11.2 Å². The zero-order valence-corrected chi connectivity index (χ0v) is 10.6. The maximum atomic E-state index is 11.6. The van der Waals surface area contributed by atoms with E-state index in [1.54, 1.807) is 13.0 Å². The molecular formula is C11H10ClNO3S. The number of hydrogen-bond acceptors (Lipinski definition) is 3. The Labute approximate surface area is 104 Å². The molecular weight excluding hydrogens is 262 g/mol. The van der Waals surface area contributed by atoms with Gasteiger partial charge in [0, 0.05) is 16.2 Å².